The zero-order valence-electron chi connectivity index (χ0n) is 8.60. The molecule has 3 nitrogen and oxygen atoms in total. The van der Waals surface area contributed by atoms with E-state index >= 15 is 0 Å². The first kappa shape index (κ1) is 9.48. The highest BCUT2D eigenvalue weighted by atomic mass is 16.6. The van der Waals surface area contributed by atoms with E-state index in [1.807, 2.05) is 0 Å². The fraction of sp³-hybridized carbons (Fsp3) is 0.231. The number of ether oxygens (including phenoxy) is 1. The molecule has 3 heteroatoms. The van der Waals surface area contributed by atoms with Gasteiger partial charge in [0.25, 0.3) is 0 Å². The number of carbonyl (C=O) groups is 2. The Kier molecular flexibility index (Phi) is 1.71. The van der Waals surface area contributed by atoms with E-state index in [0.717, 1.165) is 0 Å². The topological polar surface area (TPSA) is 46.7 Å². The molecule has 2 unspecified atom stereocenters. The van der Waals surface area contributed by atoms with Gasteiger partial charge in [-0.2, -0.15) is 0 Å². The van der Waals surface area contributed by atoms with E-state index < -0.39 is 11.7 Å². The van der Waals surface area contributed by atoms with Crippen molar-refractivity contribution in [2.75, 3.05) is 0 Å². The zero-order valence-corrected chi connectivity index (χ0v) is 8.60. The van der Waals surface area contributed by atoms with Gasteiger partial charge in [0.15, 0.2) is 23.3 Å². The van der Waals surface area contributed by atoms with Crippen LogP contribution in [0.4, 0.5) is 0 Å². The SMILES string of the molecule is C=CCC12OC1C(=O)c1ccccc1C2=O. The van der Waals surface area contributed by atoms with Gasteiger partial charge in [-0.05, 0) is 0 Å². The molecule has 1 saturated heterocycles. The molecule has 0 spiro atoms. The Balaban J connectivity index is 2.15. The molecule has 1 aliphatic carbocycles. The third-order valence-electron chi connectivity index (χ3n) is 3.20. The first-order valence-corrected chi connectivity index (χ1v) is 5.17. The van der Waals surface area contributed by atoms with E-state index in [1.54, 1.807) is 30.3 Å². The molecule has 0 saturated carbocycles. The van der Waals surface area contributed by atoms with Gasteiger partial charge < -0.3 is 4.74 Å². The summed E-state index contributed by atoms with van der Waals surface area (Å²) in [7, 11) is 0. The molecule has 1 fully saturated rings. The highest BCUT2D eigenvalue weighted by molar-refractivity contribution is 6.22. The van der Waals surface area contributed by atoms with E-state index in [4.69, 9.17) is 4.74 Å². The summed E-state index contributed by atoms with van der Waals surface area (Å²) in [6.45, 7) is 3.60. The third-order valence-corrected chi connectivity index (χ3v) is 3.20. The van der Waals surface area contributed by atoms with E-state index in [2.05, 4.69) is 6.58 Å². The second-order valence-electron chi connectivity index (χ2n) is 4.12. The van der Waals surface area contributed by atoms with Crippen molar-refractivity contribution >= 4 is 11.6 Å². The van der Waals surface area contributed by atoms with Crippen molar-refractivity contribution in [3.8, 4) is 0 Å². The Morgan fingerprint density at radius 3 is 2.69 bits per heavy atom. The Labute approximate surface area is 92.7 Å². The molecule has 1 aromatic carbocycles. The second-order valence-corrected chi connectivity index (χ2v) is 4.12. The predicted molar refractivity (Wildman–Crippen MR) is 57.5 cm³/mol. The molecular formula is C13H10O3. The van der Waals surface area contributed by atoms with Gasteiger partial charge in [0.2, 0.25) is 0 Å². The average molecular weight is 214 g/mol. The van der Waals surface area contributed by atoms with Crippen LogP contribution in [0.5, 0.6) is 0 Å². The minimum atomic E-state index is -0.937. The molecule has 0 aromatic heterocycles. The quantitative estimate of drug-likeness (QED) is 0.557. The van der Waals surface area contributed by atoms with Gasteiger partial charge in [-0.15, -0.1) is 6.58 Å². The van der Waals surface area contributed by atoms with Crippen LogP contribution in [0, 0.1) is 0 Å². The number of benzene rings is 1. The molecule has 0 amide bonds. The summed E-state index contributed by atoms with van der Waals surface area (Å²) in [5.41, 5.74) is 0.0190. The van der Waals surface area contributed by atoms with Gasteiger partial charge in [-0.25, -0.2) is 0 Å². The van der Waals surface area contributed by atoms with Gasteiger partial charge in [-0.1, -0.05) is 30.3 Å². The first-order valence-electron chi connectivity index (χ1n) is 5.17. The number of Topliss-reactive ketones (excluding diaryl/α,β-unsaturated/α-hetero) is 2. The maximum absolute atomic E-state index is 12.2. The summed E-state index contributed by atoms with van der Waals surface area (Å²) < 4.78 is 5.34. The van der Waals surface area contributed by atoms with Gasteiger partial charge in [-0.3, -0.25) is 9.59 Å². The molecule has 2 aliphatic rings. The number of epoxide rings is 1. The van der Waals surface area contributed by atoms with Gasteiger partial charge in [0, 0.05) is 17.5 Å². The van der Waals surface area contributed by atoms with E-state index in [9.17, 15) is 9.59 Å². The Hall–Kier alpha value is -1.74. The fourth-order valence-corrected chi connectivity index (χ4v) is 2.34. The maximum atomic E-state index is 12.2. The van der Waals surface area contributed by atoms with Crippen molar-refractivity contribution in [3.63, 3.8) is 0 Å². The lowest BCUT2D eigenvalue weighted by atomic mass is 9.80. The van der Waals surface area contributed by atoms with Crippen LogP contribution in [0.3, 0.4) is 0 Å². The predicted octanol–water partition coefficient (Wildman–Crippen LogP) is 1.78. The molecule has 0 bridgehead atoms. The summed E-state index contributed by atoms with van der Waals surface area (Å²) in [5, 5.41) is 0. The molecule has 0 N–H and O–H groups in total. The molecule has 0 radical (unpaired) electrons. The summed E-state index contributed by atoms with van der Waals surface area (Å²) in [6, 6.07) is 6.87. The average Bonchev–Trinajstić information content (AvgIpc) is 3.03. The summed E-state index contributed by atoms with van der Waals surface area (Å²) in [4.78, 5) is 24.2. The minimum Gasteiger partial charge on any atom is -0.348 e. The molecule has 1 heterocycles. The maximum Gasteiger partial charge on any atom is 0.198 e. The number of ketones is 2. The lowest BCUT2D eigenvalue weighted by Crippen LogP contribution is -2.36. The smallest absolute Gasteiger partial charge is 0.198 e. The normalized spacial score (nSPS) is 30.6. The summed E-state index contributed by atoms with van der Waals surface area (Å²) >= 11 is 0. The van der Waals surface area contributed by atoms with Crippen molar-refractivity contribution in [2.45, 2.75) is 18.1 Å². The number of fused-ring (bicyclic) bond motifs is 2. The first-order chi connectivity index (χ1) is 7.70. The van der Waals surface area contributed by atoms with E-state index in [-0.39, 0.29) is 11.6 Å². The number of carbonyl (C=O) groups excluding carboxylic acids is 2. The van der Waals surface area contributed by atoms with Crippen LogP contribution in [-0.2, 0) is 4.74 Å². The number of rotatable bonds is 2. The Morgan fingerprint density at radius 1 is 1.31 bits per heavy atom. The number of hydrogen-bond acceptors (Lipinski definition) is 3. The lowest BCUT2D eigenvalue weighted by molar-refractivity contribution is 0.0862. The van der Waals surface area contributed by atoms with Crippen LogP contribution < -0.4 is 0 Å². The van der Waals surface area contributed by atoms with Gasteiger partial charge >= 0.3 is 0 Å². The Morgan fingerprint density at radius 2 is 2.00 bits per heavy atom. The lowest BCUT2D eigenvalue weighted by Gasteiger charge is -2.16. The highest BCUT2D eigenvalue weighted by Crippen LogP contribution is 2.48. The molecule has 16 heavy (non-hydrogen) atoms. The molecule has 2 atom stereocenters. The van der Waals surface area contributed by atoms with Crippen LogP contribution in [-0.4, -0.2) is 23.3 Å². The van der Waals surface area contributed by atoms with E-state index in [0.29, 0.717) is 17.5 Å². The van der Waals surface area contributed by atoms with Gasteiger partial charge in [0.1, 0.15) is 0 Å². The van der Waals surface area contributed by atoms with Crippen molar-refractivity contribution in [3.05, 3.63) is 48.0 Å². The molecule has 3 rings (SSSR count). The molecule has 80 valence electrons. The van der Waals surface area contributed by atoms with Crippen LogP contribution >= 0.6 is 0 Å². The summed E-state index contributed by atoms with van der Waals surface area (Å²) in [5.74, 6) is -0.176. The second kappa shape index (κ2) is 2.89. The minimum absolute atomic E-state index is 0.0861. The largest absolute Gasteiger partial charge is 0.348 e. The van der Waals surface area contributed by atoms with Crippen molar-refractivity contribution in [1.29, 1.82) is 0 Å². The van der Waals surface area contributed by atoms with E-state index in [1.165, 1.54) is 0 Å². The molecule has 1 aromatic rings. The Bertz CT molecular complexity index is 518. The van der Waals surface area contributed by atoms with Gasteiger partial charge in [0.05, 0.1) is 0 Å². The summed E-state index contributed by atoms with van der Waals surface area (Å²) in [6.07, 6.45) is 1.43. The third kappa shape index (κ3) is 0.959. The zero-order chi connectivity index (χ0) is 11.3. The standard InChI is InChI=1S/C13H10O3/c1-2-7-13-11(15)9-6-4-3-5-8(9)10(14)12(13)16-13/h2-6,12H,1,7H2. The van der Waals surface area contributed by atoms with Crippen LogP contribution in [0.25, 0.3) is 0 Å². The molecular weight excluding hydrogens is 204 g/mol. The van der Waals surface area contributed by atoms with Crippen LogP contribution in [0.1, 0.15) is 27.1 Å². The number of hydrogen-bond donors (Lipinski definition) is 0. The molecule has 1 aliphatic heterocycles. The highest BCUT2D eigenvalue weighted by Gasteiger charge is 2.67. The monoisotopic (exact) mass is 214 g/mol. The fourth-order valence-electron chi connectivity index (χ4n) is 2.34. The van der Waals surface area contributed by atoms with Crippen LogP contribution in [0.15, 0.2) is 36.9 Å². The van der Waals surface area contributed by atoms with Crippen molar-refractivity contribution in [2.24, 2.45) is 0 Å². The van der Waals surface area contributed by atoms with Crippen LogP contribution in [0.2, 0.25) is 0 Å². The van der Waals surface area contributed by atoms with Crippen molar-refractivity contribution in [1.82, 2.24) is 0 Å². The van der Waals surface area contributed by atoms with Crippen molar-refractivity contribution < 1.29 is 14.3 Å².